The van der Waals surface area contributed by atoms with Crippen LogP contribution in [0.4, 0.5) is 5.69 Å². The van der Waals surface area contributed by atoms with Crippen molar-refractivity contribution < 1.29 is 4.79 Å². The Labute approximate surface area is 165 Å². The van der Waals surface area contributed by atoms with E-state index in [2.05, 4.69) is 22.4 Å². The molecule has 2 heterocycles. The molecule has 0 atom stereocenters. The molecule has 0 saturated carbocycles. The van der Waals surface area contributed by atoms with Crippen molar-refractivity contribution in [2.45, 2.75) is 11.5 Å². The average molecular weight is 399 g/mol. The standard InChI is InChI=1S/C20H18N2OS3/c1-13-21-18(12-26-13)16-3-2-4-17(11-16)22-19(23)14-5-7-15(8-6-14)20-24-9-10-25-20/h2-8,11-12,20H,9-10H2,1H3,(H,22,23). The number of hydrogen-bond donors (Lipinski definition) is 1. The molecule has 26 heavy (non-hydrogen) atoms. The van der Waals surface area contributed by atoms with Crippen molar-refractivity contribution in [3.8, 4) is 11.3 Å². The Morgan fingerprint density at radius 3 is 2.58 bits per heavy atom. The lowest BCUT2D eigenvalue weighted by molar-refractivity contribution is 0.102. The molecule has 1 fully saturated rings. The molecule has 132 valence electrons. The topological polar surface area (TPSA) is 42.0 Å². The van der Waals surface area contributed by atoms with Crippen LogP contribution in [0.1, 0.15) is 25.5 Å². The monoisotopic (exact) mass is 398 g/mol. The van der Waals surface area contributed by atoms with Crippen molar-refractivity contribution in [3.05, 3.63) is 70.0 Å². The zero-order chi connectivity index (χ0) is 17.9. The van der Waals surface area contributed by atoms with Crippen LogP contribution in [0.3, 0.4) is 0 Å². The summed E-state index contributed by atoms with van der Waals surface area (Å²) in [7, 11) is 0. The maximum atomic E-state index is 12.6. The fourth-order valence-corrected chi connectivity index (χ4v) is 6.28. The van der Waals surface area contributed by atoms with E-state index in [0.29, 0.717) is 10.1 Å². The molecule has 1 aliphatic rings. The maximum Gasteiger partial charge on any atom is 0.255 e. The number of benzene rings is 2. The number of aromatic nitrogens is 1. The fourth-order valence-electron chi connectivity index (χ4n) is 2.80. The Bertz CT molecular complexity index is 915. The van der Waals surface area contributed by atoms with Gasteiger partial charge in [-0.2, -0.15) is 0 Å². The summed E-state index contributed by atoms with van der Waals surface area (Å²) in [6.07, 6.45) is 0. The fraction of sp³-hybridized carbons (Fsp3) is 0.200. The predicted molar refractivity (Wildman–Crippen MR) is 114 cm³/mol. The SMILES string of the molecule is Cc1nc(-c2cccc(NC(=O)c3ccc(C4SCCS4)cc3)c2)cs1. The van der Waals surface area contributed by atoms with E-state index in [0.717, 1.165) is 22.0 Å². The van der Waals surface area contributed by atoms with Gasteiger partial charge in [0.15, 0.2) is 0 Å². The third kappa shape index (κ3) is 3.98. The summed E-state index contributed by atoms with van der Waals surface area (Å²) < 4.78 is 0.505. The van der Waals surface area contributed by atoms with E-state index >= 15 is 0 Å². The molecule has 0 aliphatic carbocycles. The van der Waals surface area contributed by atoms with Gasteiger partial charge in [-0.05, 0) is 36.8 Å². The molecule has 4 rings (SSSR count). The first-order valence-corrected chi connectivity index (χ1v) is 11.3. The number of thioether (sulfide) groups is 2. The number of aryl methyl sites for hydroxylation is 1. The Balaban J connectivity index is 1.47. The molecule has 3 aromatic rings. The number of nitrogens with zero attached hydrogens (tertiary/aromatic N) is 1. The highest BCUT2D eigenvalue weighted by atomic mass is 32.2. The first kappa shape index (κ1) is 17.6. The summed E-state index contributed by atoms with van der Waals surface area (Å²) in [6.45, 7) is 1.99. The van der Waals surface area contributed by atoms with E-state index in [9.17, 15) is 4.79 Å². The molecule has 1 N–H and O–H groups in total. The number of rotatable bonds is 4. The van der Waals surface area contributed by atoms with Crippen molar-refractivity contribution in [1.82, 2.24) is 4.98 Å². The molecule has 3 nitrogen and oxygen atoms in total. The van der Waals surface area contributed by atoms with Gasteiger partial charge < -0.3 is 5.32 Å². The van der Waals surface area contributed by atoms with E-state index in [1.807, 2.05) is 72.2 Å². The number of anilines is 1. The molecule has 1 saturated heterocycles. The number of carbonyl (C=O) groups is 1. The molecular formula is C20H18N2OS3. The molecule has 0 spiro atoms. The van der Waals surface area contributed by atoms with Crippen LogP contribution < -0.4 is 5.32 Å². The van der Waals surface area contributed by atoms with Crippen LogP contribution in [0.2, 0.25) is 0 Å². The highest BCUT2D eigenvalue weighted by Gasteiger charge is 2.18. The van der Waals surface area contributed by atoms with Gasteiger partial charge in [-0.25, -0.2) is 4.98 Å². The Kier molecular flexibility index (Phi) is 5.33. The lowest BCUT2D eigenvalue weighted by Gasteiger charge is -2.10. The van der Waals surface area contributed by atoms with Crippen molar-refractivity contribution >= 4 is 46.5 Å². The van der Waals surface area contributed by atoms with E-state index in [1.54, 1.807) is 11.3 Å². The Hall–Kier alpha value is -1.76. The van der Waals surface area contributed by atoms with E-state index in [1.165, 1.54) is 17.1 Å². The summed E-state index contributed by atoms with van der Waals surface area (Å²) in [4.78, 5) is 17.1. The van der Waals surface area contributed by atoms with Gasteiger partial charge in [0.05, 0.1) is 15.3 Å². The van der Waals surface area contributed by atoms with Crippen molar-refractivity contribution in [2.24, 2.45) is 0 Å². The van der Waals surface area contributed by atoms with Gasteiger partial charge in [-0.1, -0.05) is 24.3 Å². The number of hydrogen-bond acceptors (Lipinski definition) is 5. The molecule has 1 amide bonds. The van der Waals surface area contributed by atoms with Crippen LogP contribution in [-0.2, 0) is 0 Å². The molecule has 6 heteroatoms. The average Bonchev–Trinajstić information content (AvgIpc) is 3.34. The molecule has 0 bridgehead atoms. The number of thiazole rings is 1. The minimum Gasteiger partial charge on any atom is -0.322 e. The second-order valence-electron chi connectivity index (χ2n) is 5.98. The van der Waals surface area contributed by atoms with Gasteiger partial charge in [0.25, 0.3) is 5.91 Å². The number of nitrogens with one attached hydrogen (secondary N) is 1. The van der Waals surface area contributed by atoms with Crippen LogP contribution in [0.5, 0.6) is 0 Å². The van der Waals surface area contributed by atoms with Gasteiger partial charge in [0.2, 0.25) is 0 Å². The van der Waals surface area contributed by atoms with Crippen LogP contribution in [0.25, 0.3) is 11.3 Å². The van der Waals surface area contributed by atoms with Gasteiger partial charge in [-0.15, -0.1) is 34.9 Å². The summed E-state index contributed by atoms with van der Waals surface area (Å²) in [5.74, 6) is 2.31. The zero-order valence-electron chi connectivity index (χ0n) is 14.3. The molecule has 0 radical (unpaired) electrons. The van der Waals surface area contributed by atoms with Gasteiger partial charge >= 0.3 is 0 Å². The molecule has 1 aliphatic heterocycles. The lowest BCUT2D eigenvalue weighted by Crippen LogP contribution is -2.11. The van der Waals surface area contributed by atoms with Gasteiger partial charge in [-0.3, -0.25) is 4.79 Å². The van der Waals surface area contributed by atoms with E-state index < -0.39 is 0 Å². The van der Waals surface area contributed by atoms with Crippen LogP contribution in [0, 0.1) is 6.92 Å². The van der Waals surface area contributed by atoms with E-state index in [-0.39, 0.29) is 5.91 Å². The summed E-state index contributed by atoms with van der Waals surface area (Å²) in [6, 6.07) is 15.8. The number of carbonyl (C=O) groups excluding carboxylic acids is 1. The van der Waals surface area contributed by atoms with Crippen molar-refractivity contribution in [2.75, 3.05) is 16.8 Å². The first-order chi connectivity index (χ1) is 12.7. The van der Waals surface area contributed by atoms with Crippen LogP contribution in [0.15, 0.2) is 53.9 Å². The highest BCUT2D eigenvalue weighted by Crippen LogP contribution is 2.45. The predicted octanol–water partition coefficient (Wildman–Crippen LogP) is 5.85. The largest absolute Gasteiger partial charge is 0.322 e. The quantitative estimate of drug-likeness (QED) is 0.599. The van der Waals surface area contributed by atoms with Gasteiger partial charge in [0, 0.05) is 33.7 Å². The Morgan fingerprint density at radius 2 is 1.88 bits per heavy atom. The normalized spacial score (nSPS) is 14.5. The lowest BCUT2D eigenvalue weighted by atomic mass is 10.1. The summed E-state index contributed by atoms with van der Waals surface area (Å²) in [5.41, 5.74) is 4.70. The number of amides is 1. The maximum absolute atomic E-state index is 12.6. The van der Waals surface area contributed by atoms with Crippen LogP contribution in [-0.4, -0.2) is 22.4 Å². The Morgan fingerprint density at radius 1 is 1.12 bits per heavy atom. The smallest absolute Gasteiger partial charge is 0.255 e. The minimum atomic E-state index is -0.0881. The van der Waals surface area contributed by atoms with E-state index in [4.69, 9.17) is 0 Å². The summed E-state index contributed by atoms with van der Waals surface area (Å²) >= 11 is 5.57. The second-order valence-corrected chi connectivity index (χ2v) is 9.77. The molecule has 0 unspecified atom stereocenters. The molecule has 2 aromatic carbocycles. The third-order valence-corrected chi connectivity index (χ3v) is 7.98. The van der Waals surface area contributed by atoms with Crippen molar-refractivity contribution in [1.29, 1.82) is 0 Å². The second kappa shape index (κ2) is 7.86. The summed E-state index contributed by atoms with van der Waals surface area (Å²) in [5, 5.41) is 6.06. The highest BCUT2D eigenvalue weighted by molar-refractivity contribution is 8.19. The van der Waals surface area contributed by atoms with Gasteiger partial charge in [0.1, 0.15) is 0 Å². The third-order valence-electron chi connectivity index (χ3n) is 4.10. The minimum absolute atomic E-state index is 0.0881. The van der Waals surface area contributed by atoms with Crippen molar-refractivity contribution in [3.63, 3.8) is 0 Å². The first-order valence-electron chi connectivity index (χ1n) is 8.36. The van der Waals surface area contributed by atoms with Crippen LogP contribution >= 0.6 is 34.9 Å². The molecular weight excluding hydrogens is 380 g/mol. The zero-order valence-corrected chi connectivity index (χ0v) is 16.7. The molecule has 1 aromatic heterocycles.